The molecule has 0 spiro atoms. The van der Waals surface area contributed by atoms with Crippen LogP contribution in [0.15, 0.2) is 23.2 Å². The van der Waals surface area contributed by atoms with Gasteiger partial charge in [0.1, 0.15) is 11.4 Å². The molecule has 1 aromatic rings. The molecule has 0 saturated carbocycles. The molecule has 1 aliphatic heterocycles. The predicted octanol–water partition coefficient (Wildman–Crippen LogP) is 1.41. The van der Waals surface area contributed by atoms with Crippen LogP contribution in [0.2, 0.25) is 0 Å². The molecule has 2 rings (SSSR count). The molecule has 1 unspecified atom stereocenters. The average Bonchev–Trinajstić information content (AvgIpc) is 2.03. The van der Waals surface area contributed by atoms with Crippen LogP contribution in [0, 0.1) is 6.92 Å². The van der Waals surface area contributed by atoms with Crippen LogP contribution in [-0.4, -0.2) is 17.6 Å². The van der Waals surface area contributed by atoms with Crippen LogP contribution in [0.4, 0.5) is 5.69 Å². The van der Waals surface area contributed by atoms with Gasteiger partial charge in [0.15, 0.2) is 0 Å². The van der Waals surface area contributed by atoms with Crippen LogP contribution in [-0.2, 0) is 0 Å². The van der Waals surface area contributed by atoms with Crippen molar-refractivity contribution in [2.24, 2.45) is 4.99 Å². The van der Waals surface area contributed by atoms with Crippen LogP contribution in [0.25, 0.3) is 0 Å². The summed E-state index contributed by atoms with van der Waals surface area (Å²) in [4.78, 5) is 4.02. The molecule has 0 fully saturated rings. The number of hydrogen-bond acceptors (Lipinski definition) is 3. The Bertz CT molecular complexity index is 333. The Morgan fingerprint density at radius 2 is 2.33 bits per heavy atom. The lowest BCUT2D eigenvalue weighted by Gasteiger charge is -2.16. The number of benzene rings is 1. The van der Waals surface area contributed by atoms with E-state index >= 15 is 0 Å². The lowest BCUT2D eigenvalue weighted by molar-refractivity contribution is 0.0441. The molecule has 3 heteroatoms. The smallest absolute Gasteiger partial charge is 0.234 e. The first kappa shape index (κ1) is 7.31. The average molecular weight is 163 g/mol. The maximum Gasteiger partial charge on any atom is 0.234 e. The van der Waals surface area contributed by atoms with E-state index in [2.05, 4.69) is 4.99 Å². The van der Waals surface area contributed by atoms with Gasteiger partial charge in [0.05, 0.1) is 6.21 Å². The van der Waals surface area contributed by atoms with Gasteiger partial charge in [0, 0.05) is 0 Å². The van der Waals surface area contributed by atoms with Gasteiger partial charge in [-0.3, -0.25) is 4.99 Å². The van der Waals surface area contributed by atoms with Gasteiger partial charge in [-0.15, -0.1) is 0 Å². The van der Waals surface area contributed by atoms with Crippen molar-refractivity contribution < 1.29 is 9.84 Å². The molecular formula is C9H9NO2. The lowest BCUT2D eigenvalue weighted by Crippen LogP contribution is -2.19. The van der Waals surface area contributed by atoms with E-state index in [1.807, 2.05) is 25.1 Å². The maximum absolute atomic E-state index is 9.08. The van der Waals surface area contributed by atoms with Gasteiger partial charge < -0.3 is 9.84 Å². The Balaban J connectivity index is 2.47. The Morgan fingerprint density at radius 3 is 3.17 bits per heavy atom. The standard InChI is InChI=1S/C9H9NO2/c1-6-2-3-7-8(4-6)12-9(11)5-10-7/h2-5,9,11H,1H3. The first-order valence-electron chi connectivity index (χ1n) is 3.75. The minimum absolute atomic E-state index is 0.644. The van der Waals surface area contributed by atoms with E-state index in [-0.39, 0.29) is 0 Å². The van der Waals surface area contributed by atoms with Gasteiger partial charge in [-0.2, -0.15) is 0 Å². The van der Waals surface area contributed by atoms with Crippen molar-refractivity contribution >= 4 is 11.9 Å². The fourth-order valence-electron chi connectivity index (χ4n) is 1.13. The Morgan fingerprint density at radius 1 is 1.50 bits per heavy atom. The van der Waals surface area contributed by atoms with Crippen molar-refractivity contribution in [3.05, 3.63) is 23.8 Å². The fourth-order valence-corrected chi connectivity index (χ4v) is 1.13. The summed E-state index contributed by atoms with van der Waals surface area (Å²) >= 11 is 0. The molecule has 12 heavy (non-hydrogen) atoms. The first-order valence-corrected chi connectivity index (χ1v) is 3.75. The second-order valence-electron chi connectivity index (χ2n) is 2.76. The highest BCUT2D eigenvalue weighted by atomic mass is 16.6. The van der Waals surface area contributed by atoms with Crippen molar-refractivity contribution in [1.29, 1.82) is 0 Å². The Kier molecular flexibility index (Phi) is 1.59. The second-order valence-corrected chi connectivity index (χ2v) is 2.76. The van der Waals surface area contributed by atoms with Crippen molar-refractivity contribution in [1.82, 2.24) is 0 Å². The van der Waals surface area contributed by atoms with Gasteiger partial charge >= 0.3 is 0 Å². The minimum atomic E-state index is -0.903. The molecule has 1 atom stereocenters. The van der Waals surface area contributed by atoms with E-state index in [1.165, 1.54) is 6.21 Å². The molecule has 0 bridgehead atoms. The highest BCUT2D eigenvalue weighted by Gasteiger charge is 2.12. The second kappa shape index (κ2) is 2.60. The van der Waals surface area contributed by atoms with Gasteiger partial charge in [-0.1, -0.05) is 6.07 Å². The zero-order chi connectivity index (χ0) is 8.55. The van der Waals surface area contributed by atoms with Crippen molar-refractivity contribution in [3.63, 3.8) is 0 Å². The highest BCUT2D eigenvalue weighted by Crippen LogP contribution is 2.30. The summed E-state index contributed by atoms with van der Waals surface area (Å²) in [5.74, 6) is 0.644. The zero-order valence-corrected chi connectivity index (χ0v) is 6.69. The Hall–Kier alpha value is -1.35. The minimum Gasteiger partial charge on any atom is -0.458 e. The molecule has 0 saturated heterocycles. The van der Waals surface area contributed by atoms with E-state index in [0.717, 1.165) is 11.3 Å². The summed E-state index contributed by atoms with van der Waals surface area (Å²) in [5.41, 5.74) is 1.86. The largest absolute Gasteiger partial charge is 0.458 e. The van der Waals surface area contributed by atoms with Gasteiger partial charge in [-0.05, 0) is 24.6 Å². The number of nitrogens with zero attached hydrogens (tertiary/aromatic N) is 1. The summed E-state index contributed by atoms with van der Waals surface area (Å²) < 4.78 is 5.12. The molecule has 62 valence electrons. The third-order valence-corrected chi connectivity index (χ3v) is 1.70. The number of aliphatic hydroxyl groups excluding tert-OH is 1. The molecule has 1 heterocycles. The number of aliphatic imine (C=N–C) groups is 1. The number of rotatable bonds is 0. The monoisotopic (exact) mass is 163 g/mol. The predicted molar refractivity (Wildman–Crippen MR) is 46.0 cm³/mol. The van der Waals surface area contributed by atoms with Crippen molar-refractivity contribution in [3.8, 4) is 5.75 Å². The van der Waals surface area contributed by atoms with Crippen molar-refractivity contribution in [2.75, 3.05) is 0 Å². The van der Waals surface area contributed by atoms with Gasteiger partial charge in [0.25, 0.3) is 0 Å². The number of hydrogen-bond donors (Lipinski definition) is 1. The van der Waals surface area contributed by atoms with Crippen LogP contribution in [0.1, 0.15) is 5.56 Å². The highest BCUT2D eigenvalue weighted by molar-refractivity contribution is 5.72. The molecule has 0 radical (unpaired) electrons. The summed E-state index contributed by atoms with van der Waals surface area (Å²) in [6, 6.07) is 5.68. The third kappa shape index (κ3) is 1.19. The van der Waals surface area contributed by atoms with Crippen molar-refractivity contribution in [2.45, 2.75) is 13.2 Å². The summed E-state index contributed by atoms with van der Waals surface area (Å²) in [6.07, 6.45) is 0.469. The zero-order valence-electron chi connectivity index (χ0n) is 6.69. The number of aliphatic hydroxyl groups is 1. The van der Waals surface area contributed by atoms with Gasteiger partial charge in [0.2, 0.25) is 6.29 Å². The molecule has 0 aromatic heterocycles. The van der Waals surface area contributed by atoms with Crippen LogP contribution < -0.4 is 4.74 Å². The third-order valence-electron chi connectivity index (χ3n) is 1.70. The molecule has 3 nitrogen and oxygen atoms in total. The summed E-state index contributed by atoms with van der Waals surface area (Å²) in [5, 5.41) is 9.08. The summed E-state index contributed by atoms with van der Waals surface area (Å²) in [7, 11) is 0. The number of aryl methyl sites for hydroxylation is 1. The molecular weight excluding hydrogens is 154 g/mol. The molecule has 0 aliphatic carbocycles. The van der Waals surface area contributed by atoms with Crippen LogP contribution in [0.3, 0.4) is 0 Å². The van der Waals surface area contributed by atoms with Gasteiger partial charge in [-0.25, -0.2) is 0 Å². The van der Waals surface area contributed by atoms with Crippen LogP contribution in [0.5, 0.6) is 5.75 Å². The van der Waals surface area contributed by atoms with E-state index in [4.69, 9.17) is 9.84 Å². The van der Waals surface area contributed by atoms with E-state index < -0.39 is 6.29 Å². The molecule has 1 N–H and O–H groups in total. The van der Waals surface area contributed by atoms with Crippen LogP contribution >= 0.6 is 0 Å². The Labute approximate surface area is 70.3 Å². The number of fused-ring (bicyclic) bond motifs is 1. The molecule has 0 amide bonds. The van der Waals surface area contributed by atoms with E-state index in [0.29, 0.717) is 5.75 Å². The number of ether oxygens (including phenoxy) is 1. The normalized spacial score (nSPS) is 20.0. The maximum atomic E-state index is 9.08. The lowest BCUT2D eigenvalue weighted by atomic mass is 10.2. The van der Waals surface area contributed by atoms with E-state index in [1.54, 1.807) is 0 Å². The topological polar surface area (TPSA) is 41.8 Å². The summed E-state index contributed by atoms with van der Waals surface area (Å²) in [6.45, 7) is 1.97. The SMILES string of the molecule is Cc1ccc2c(c1)OC(O)C=N2. The fraction of sp³-hybridized carbons (Fsp3) is 0.222. The molecule has 1 aromatic carbocycles. The quantitative estimate of drug-likeness (QED) is 0.628. The molecule has 1 aliphatic rings. The first-order chi connectivity index (χ1) is 5.75. The van der Waals surface area contributed by atoms with E-state index in [9.17, 15) is 0 Å².